The predicted molar refractivity (Wildman–Crippen MR) is 140 cm³/mol. The summed E-state index contributed by atoms with van der Waals surface area (Å²) >= 11 is 1.32. The van der Waals surface area contributed by atoms with Gasteiger partial charge in [0.25, 0.3) is 11.8 Å². The number of nitrogens with one attached hydrogen (secondary N) is 1. The Morgan fingerprint density at radius 1 is 1.15 bits per heavy atom. The van der Waals surface area contributed by atoms with Gasteiger partial charge in [0, 0.05) is 17.0 Å². The zero-order valence-corrected chi connectivity index (χ0v) is 21.7. The first-order valence-electron chi connectivity index (χ1n) is 11.9. The van der Waals surface area contributed by atoms with Crippen molar-refractivity contribution in [2.75, 3.05) is 19.4 Å². The fraction of sp³-hybridized carbons (Fsp3) is 0.250. The highest BCUT2D eigenvalue weighted by Crippen LogP contribution is 2.33. The van der Waals surface area contributed by atoms with Crippen LogP contribution in [0.1, 0.15) is 22.3 Å². The fourth-order valence-corrected chi connectivity index (χ4v) is 4.92. The lowest BCUT2D eigenvalue weighted by atomic mass is 10.1. The molecule has 2 amide bonds. The SMILES string of the molecule is CSc1cc(F)c(F)cc1-c1ccc(OCc2cccc(C(=O)N3CC[C@H](O)[C@H]3C(=O)NOCC#N)c2)cc1. The molecule has 39 heavy (non-hydrogen) atoms. The molecule has 0 bridgehead atoms. The Morgan fingerprint density at radius 2 is 1.90 bits per heavy atom. The summed E-state index contributed by atoms with van der Waals surface area (Å²) in [5.41, 5.74) is 4.41. The molecule has 0 aliphatic carbocycles. The summed E-state index contributed by atoms with van der Waals surface area (Å²) < 4.78 is 33.3. The van der Waals surface area contributed by atoms with E-state index in [0.717, 1.165) is 0 Å². The number of aliphatic hydroxyl groups is 1. The summed E-state index contributed by atoms with van der Waals surface area (Å²) in [6.07, 6.45) is 0.954. The Balaban J connectivity index is 1.42. The van der Waals surface area contributed by atoms with Crippen LogP contribution in [0.15, 0.2) is 65.6 Å². The van der Waals surface area contributed by atoms with Crippen LogP contribution in [0.25, 0.3) is 11.1 Å². The number of hydrogen-bond donors (Lipinski definition) is 2. The molecule has 4 rings (SSSR count). The number of carbonyl (C=O) groups is 2. The third-order valence-electron chi connectivity index (χ3n) is 6.19. The molecule has 8 nitrogen and oxygen atoms in total. The molecule has 1 fully saturated rings. The van der Waals surface area contributed by atoms with Gasteiger partial charge in [0.05, 0.1) is 12.2 Å². The van der Waals surface area contributed by atoms with Crippen LogP contribution < -0.4 is 10.2 Å². The second-order valence-corrected chi connectivity index (χ2v) is 9.54. The standard InChI is InChI=1S/C28H25F2N3O5S/c1-39-25-15-23(30)22(29)14-21(25)18-5-7-20(8-6-18)37-16-17-3-2-4-19(13-17)28(36)33-11-9-24(34)26(33)27(35)32-38-12-10-31/h2-8,13-15,24,26,34H,9,11-12,16H2,1H3,(H,32,35)/t24-,26-/m0/s1. The fourth-order valence-electron chi connectivity index (χ4n) is 4.30. The molecule has 1 aliphatic rings. The van der Waals surface area contributed by atoms with Crippen molar-refractivity contribution in [3.05, 3.63) is 83.4 Å². The minimum absolute atomic E-state index is 0.149. The number of nitriles is 1. The number of likely N-dealkylation sites (tertiary alicyclic amines) is 1. The molecular formula is C28H25F2N3O5S. The number of ether oxygens (including phenoxy) is 1. The number of rotatable bonds is 9. The molecule has 1 saturated heterocycles. The average Bonchev–Trinajstić information content (AvgIpc) is 3.34. The van der Waals surface area contributed by atoms with Gasteiger partial charge < -0.3 is 14.7 Å². The highest BCUT2D eigenvalue weighted by atomic mass is 32.2. The summed E-state index contributed by atoms with van der Waals surface area (Å²) in [5, 5.41) is 18.8. The van der Waals surface area contributed by atoms with Crippen molar-refractivity contribution >= 4 is 23.6 Å². The number of aliphatic hydroxyl groups excluding tert-OH is 1. The number of hydrogen-bond acceptors (Lipinski definition) is 7. The Morgan fingerprint density at radius 3 is 2.62 bits per heavy atom. The first kappa shape index (κ1) is 28.0. The van der Waals surface area contributed by atoms with Crippen molar-refractivity contribution in [1.29, 1.82) is 5.26 Å². The van der Waals surface area contributed by atoms with Gasteiger partial charge in [-0.3, -0.25) is 14.4 Å². The topological polar surface area (TPSA) is 112 Å². The van der Waals surface area contributed by atoms with E-state index in [2.05, 4.69) is 5.48 Å². The van der Waals surface area contributed by atoms with Gasteiger partial charge >= 0.3 is 0 Å². The Labute approximate surface area is 228 Å². The van der Waals surface area contributed by atoms with Crippen molar-refractivity contribution in [3.63, 3.8) is 0 Å². The number of benzene rings is 3. The lowest BCUT2D eigenvalue weighted by Gasteiger charge is -2.25. The molecule has 0 radical (unpaired) electrons. The van der Waals surface area contributed by atoms with Crippen molar-refractivity contribution < 1.29 is 33.1 Å². The van der Waals surface area contributed by atoms with Crippen molar-refractivity contribution in [3.8, 4) is 22.9 Å². The van der Waals surface area contributed by atoms with E-state index in [1.54, 1.807) is 60.9 Å². The summed E-state index contributed by atoms with van der Waals surface area (Å²) in [7, 11) is 0. The van der Waals surface area contributed by atoms with E-state index in [1.807, 2.05) is 0 Å². The normalized spacial score (nSPS) is 16.5. The maximum Gasteiger partial charge on any atom is 0.269 e. The molecule has 1 aliphatic heterocycles. The predicted octanol–water partition coefficient (Wildman–Crippen LogP) is 4.08. The van der Waals surface area contributed by atoms with E-state index in [4.69, 9.17) is 14.8 Å². The molecule has 2 N–H and O–H groups in total. The first-order valence-corrected chi connectivity index (χ1v) is 13.2. The van der Waals surface area contributed by atoms with E-state index in [9.17, 15) is 23.5 Å². The zero-order chi connectivity index (χ0) is 27.9. The Bertz CT molecular complexity index is 1400. The van der Waals surface area contributed by atoms with Gasteiger partial charge in [-0.2, -0.15) is 5.26 Å². The van der Waals surface area contributed by atoms with Crippen molar-refractivity contribution in [2.24, 2.45) is 0 Å². The molecule has 3 aromatic rings. The average molecular weight is 554 g/mol. The van der Waals surface area contributed by atoms with Gasteiger partial charge in [-0.15, -0.1) is 11.8 Å². The van der Waals surface area contributed by atoms with Gasteiger partial charge in [-0.25, -0.2) is 14.3 Å². The number of thioether (sulfide) groups is 1. The second kappa shape index (κ2) is 12.7. The lowest BCUT2D eigenvalue weighted by molar-refractivity contribution is -0.138. The van der Waals surface area contributed by atoms with Crippen LogP contribution in [0.5, 0.6) is 5.75 Å². The van der Waals surface area contributed by atoms with Gasteiger partial charge in [-0.05, 0) is 65.8 Å². The molecule has 0 aromatic heterocycles. The molecule has 1 heterocycles. The van der Waals surface area contributed by atoms with Gasteiger partial charge in [0.2, 0.25) is 0 Å². The van der Waals surface area contributed by atoms with E-state index < -0.39 is 35.6 Å². The molecule has 11 heteroatoms. The molecule has 2 atom stereocenters. The molecule has 0 saturated carbocycles. The number of hydroxylamine groups is 1. The first-order chi connectivity index (χ1) is 18.8. The summed E-state index contributed by atoms with van der Waals surface area (Å²) in [4.78, 5) is 32.2. The molecule has 202 valence electrons. The zero-order valence-electron chi connectivity index (χ0n) is 20.9. The Kier molecular flexibility index (Phi) is 9.14. The van der Waals surface area contributed by atoms with Crippen LogP contribution in [-0.2, 0) is 16.2 Å². The Hall–Kier alpha value is -3.98. The van der Waals surface area contributed by atoms with Crippen molar-refractivity contribution in [2.45, 2.75) is 30.1 Å². The summed E-state index contributed by atoms with van der Waals surface area (Å²) in [6.45, 7) is -0.0349. The van der Waals surface area contributed by atoms with Crippen LogP contribution in [0.4, 0.5) is 8.78 Å². The minimum atomic E-state index is -1.14. The number of nitrogens with zero attached hydrogens (tertiary/aromatic N) is 2. The van der Waals surface area contributed by atoms with Crippen molar-refractivity contribution in [1.82, 2.24) is 10.4 Å². The van der Waals surface area contributed by atoms with E-state index in [1.165, 1.54) is 28.8 Å². The summed E-state index contributed by atoms with van der Waals surface area (Å²) in [5.74, 6) is -2.41. The molecule has 0 unspecified atom stereocenters. The molecular weight excluding hydrogens is 528 g/mol. The van der Waals surface area contributed by atoms with Crippen LogP contribution in [-0.4, -0.2) is 53.4 Å². The van der Waals surface area contributed by atoms with Gasteiger partial charge in [-0.1, -0.05) is 24.3 Å². The number of halogens is 2. The number of amides is 2. The monoisotopic (exact) mass is 553 g/mol. The summed E-state index contributed by atoms with van der Waals surface area (Å²) in [6, 6.07) is 16.6. The lowest BCUT2D eigenvalue weighted by Crippen LogP contribution is -2.50. The molecule has 0 spiro atoms. The largest absolute Gasteiger partial charge is 0.489 e. The quantitative estimate of drug-likeness (QED) is 0.233. The maximum atomic E-state index is 13.8. The van der Waals surface area contributed by atoms with Gasteiger partial charge in [0.1, 0.15) is 18.4 Å². The second-order valence-electron chi connectivity index (χ2n) is 8.69. The highest BCUT2D eigenvalue weighted by Gasteiger charge is 2.41. The highest BCUT2D eigenvalue weighted by molar-refractivity contribution is 7.98. The van der Waals surface area contributed by atoms with E-state index >= 15 is 0 Å². The van der Waals surface area contributed by atoms with E-state index in [-0.39, 0.29) is 26.2 Å². The van der Waals surface area contributed by atoms with E-state index in [0.29, 0.717) is 32.9 Å². The molecule has 3 aromatic carbocycles. The number of carbonyl (C=O) groups excluding carboxylic acids is 2. The third kappa shape index (κ3) is 6.54. The van der Waals surface area contributed by atoms with Crippen LogP contribution in [0.3, 0.4) is 0 Å². The van der Waals surface area contributed by atoms with Crippen LogP contribution in [0.2, 0.25) is 0 Å². The smallest absolute Gasteiger partial charge is 0.269 e. The minimum Gasteiger partial charge on any atom is -0.489 e. The van der Waals surface area contributed by atoms with Crippen LogP contribution in [0, 0.1) is 23.0 Å². The third-order valence-corrected chi connectivity index (χ3v) is 6.97. The maximum absolute atomic E-state index is 13.8. The van der Waals surface area contributed by atoms with Gasteiger partial charge in [0.15, 0.2) is 18.2 Å². The van der Waals surface area contributed by atoms with Crippen LogP contribution >= 0.6 is 11.8 Å².